The van der Waals surface area contributed by atoms with Crippen molar-refractivity contribution in [2.45, 2.75) is 33.2 Å². The summed E-state index contributed by atoms with van der Waals surface area (Å²) in [4.78, 5) is 0. The summed E-state index contributed by atoms with van der Waals surface area (Å²) < 4.78 is 5.05. The molecule has 0 aliphatic heterocycles. The molecule has 0 saturated heterocycles. The van der Waals surface area contributed by atoms with E-state index in [1.54, 1.807) is 0 Å². The Morgan fingerprint density at radius 3 is 2.86 bits per heavy atom. The van der Waals surface area contributed by atoms with Gasteiger partial charge in [-0.15, -0.1) is 12.3 Å². The van der Waals surface area contributed by atoms with Gasteiger partial charge < -0.3 is 9.84 Å². The lowest BCUT2D eigenvalue weighted by molar-refractivity contribution is 0.392. The zero-order valence-corrected chi connectivity index (χ0v) is 8.76. The first-order valence-electron chi connectivity index (χ1n) is 4.81. The summed E-state index contributed by atoms with van der Waals surface area (Å²) in [6, 6.07) is 0. The largest absolute Gasteiger partial charge is 0.361 e. The molecule has 0 saturated carbocycles. The Labute approximate surface area is 84.9 Å². The molecule has 0 aromatic carbocycles. The van der Waals surface area contributed by atoms with E-state index in [2.05, 4.69) is 16.4 Å². The van der Waals surface area contributed by atoms with Crippen molar-refractivity contribution in [3.8, 4) is 12.3 Å². The number of aryl methyl sites for hydroxylation is 2. The Balaban J connectivity index is 2.28. The van der Waals surface area contributed by atoms with Gasteiger partial charge >= 0.3 is 0 Å². The van der Waals surface area contributed by atoms with Crippen LogP contribution in [-0.4, -0.2) is 11.7 Å². The molecule has 0 fully saturated rings. The summed E-state index contributed by atoms with van der Waals surface area (Å²) in [5.74, 6) is 3.51. The molecule has 1 heterocycles. The van der Waals surface area contributed by atoms with Crippen LogP contribution in [0.25, 0.3) is 0 Å². The minimum absolute atomic E-state index is 0.811. The Morgan fingerprint density at radius 2 is 2.29 bits per heavy atom. The van der Waals surface area contributed by atoms with Crippen molar-refractivity contribution in [1.82, 2.24) is 10.5 Å². The molecule has 14 heavy (non-hydrogen) atoms. The van der Waals surface area contributed by atoms with Crippen molar-refractivity contribution in [3.63, 3.8) is 0 Å². The third kappa shape index (κ3) is 2.90. The van der Waals surface area contributed by atoms with E-state index in [4.69, 9.17) is 10.9 Å². The Bertz CT molecular complexity index is 303. The highest BCUT2D eigenvalue weighted by Crippen LogP contribution is 2.11. The maximum Gasteiger partial charge on any atom is 0.138 e. The van der Waals surface area contributed by atoms with Gasteiger partial charge in [0.25, 0.3) is 0 Å². The normalized spacial score (nSPS) is 10.1. The second-order valence-corrected chi connectivity index (χ2v) is 3.29. The summed E-state index contributed by atoms with van der Waals surface area (Å²) in [6.07, 6.45) is 6.99. The van der Waals surface area contributed by atoms with Crippen LogP contribution >= 0.6 is 0 Å². The molecule has 1 aromatic rings. The number of aromatic nitrogens is 1. The molecule has 0 atom stereocenters. The van der Waals surface area contributed by atoms with Gasteiger partial charge in [-0.1, -0.05) is 5.16 Å². The number of hydrogen-bond acceptors (Lipinski definition) is 3. The van der Waals surface area contributed by atoms with Gasteiger partial charge in [0.2, 0.25) is 0 Å². The van der Waals surface area contributed by atoms with Crippen LogP contribution in [0, 0.1) is 26.2 Å². The molecule has 0 bridgehead atoms. The number of terminal acetylenes is 1. The van der Waals surface area contributed by atoms with Crippen LogP contribution in [-0.2, 0) is 6.54 Å². The second kappa shape index (κ2) is 5.46. The van der Waals surface area contributed by atoms with Crippen LogP contribution in [0.15, 0.2) is 4.52 Å². The predicted molar refractivity (Wildman–Crippen MR) is 55.8 cm³/mol. The monoisotopic (exact) mass is 192 g/mol. The third-order valence-electron chi connectivity index (χ3n) is 2.16. The first-order valence-corrected chi connectivity index (χ1v) is 4.81. The van der Waals surface area contributed by atoms with E-state index >= 15 is 0 Å². The number of rotatable bonds is 5. The average molecular weight is 192 g/mol. The molecule has 1 aromatic heterocycles. The molecular formula is C11H16N2O. The maximum atomic E-state index is 5.15. The Hall–Kier alpha value is -1.27. The number of unbranched alkanes of at least 4 members (excludes halogenated alkanes) is 1. The summed E-state index contributed by atoms with van der Waals surface area (Å²) in [5.41, 5.74) is 2.12. The minimum Gasteiger partial charge on any atom is -0.361 e. The standard InChI is InChI=1S/C11H16N2O/c1-4-5-6-7-12-8-11-9(2)13-14-10(11)3/h1,12H,5-8H2,2-3H3. The predicted octanol–water partition coefficient (Wildman–Crippen LogP) is 1.79. The lowest BCUT2D eigenvalue weighted by Gasteiger charge is -2.02. The van der Waals surface area contributed by atoms with Crippen LogP contribution in [0.3, 0.4) is 0 Å². The Kier molecular flexibility index (Phi) is 4.21. The van der Waals surface area contributed by atoms with Crippen molar-refractivity contribution < 1.29 is 4.52 Å². The average Bonchev–Trinajstić information content (AvgIpc) is 2.48. The van der Waals surface area contributed by atoms with Crippen LogP contribution in [0.4, 0.5) is 0 Å². The van der Waals surface area contributed by atoms with Crippen molar-refractivity contribution in [2.24, 2.45) is 0 Å². The van der Waals surface area contributed by atoms with E-state index < -0.39 is 0 Å². The molecule has 0 radical (unpaired) electrons. The minimum atomic E-state index is 0.811. The van der Waals surface area contributed by atoms with E-state index in [0.717, 1.165) is 42.9 Å². The summed E-state index contributed by atoms with van der Waals surface area (Å²) >= 11 is 0. The van der Waals surface area contributed by atoms with Crippen LogP contribution < -0.4 is 5.32 Å². The van der Waals surface area contributed by atoms with Gasteiger partial charge in [0.1, 0.15) is 5.76 Å². The molecule has 0 amide bonds. The lowest BCUT2D eigenvalue weighted by Crippen LogP contribution is -2.15. The molecule has 3 heteroatoms. The molecule has 0 aliphatic rings. The smallest absolute Gasteiger partial charge is 0.138 e. The molecule has 0 spiro atoms. The topological polar surface area (TPSA) is 38.1 Å². The molecule has 1 rings (SSSR count). The van der Waals surface area contributed by atoms with Crippen LogP contribution in [0.5, 0.6) is 0 Å². The van der Waals surface area contributed by atoms with Gasteiger partial charge in [-0.05, 0) is 26.8 Å². The van der Waals surface area contributed by atoms with Crippen LogP contribution in [0.1, 0.15) is 29.9 Å². The van der Waals surface area contributed by atoms with E-state index in [0.29, 0.717) is 0 Å². The lowest BCUT2D eigenvalue weighted by atomic mass is 10.2. The fourth-order valence-electron chi connectivity index (χ4n) is 1.28. The van der Waals surface area contributed by atoms with Gasteiger partial charge in [-0.25, -0.2) is 0 Å². The summed E-state index contributed by atoms with van der Waals surface area (Å²) in [6.45, 7) is 5.63. The maximum absolute atomic E-state index is 5.15. The van der Waals surface area contributed by atoms with Gasteiger partial charge in [-0.3, -0.25) is 0 Å². The molecular weight excluding hydrogens is 176 g/mol. The molecule has 1 N–H and O–H groups in total. The third-order valence-corrected chi connectivity index (χ3v) is 2.16. The van der Waals surface area contributed by atoms with Crippen molar-refractivity contribution in [1.29, 1.82) is 0 Å². The fourth-order valence-corrected chi connectivity index (χ4v) is 1.28. The van der Waals surface area contributed by atoms with Crippen molar-refractivity contribution >= 4 is 0 Å². The Morgan fingerprint density at radius 1 is 1.50 bits per heavy atom. The van der Waals surface area contributed by atoms with Gasteiger partial charge in [0, 0.05) is 18.5 Å². The van der Waals surface area contributed by atoms with Crippen molar-refractivity contribution in [2.75, 3.05) is 6.54 Å². The first-order chi connectivity index (χ1) is 6.75. The van der Waals surface area contributed by atoms with E-state index in [-0.39, 0.29) is 0 Å². The second-order valence-electron chi connectivity index (χ2n) is 3.29. The van der Waals surface area contributed by atoms with E-state index in [1.165, 1.54) is 0 Å². The van der Waals surface area contributed by atoms with E-state index in [1.807, 2.05) is 13.8 Å². The highest BCUT2D eigenvalue weighted by atomic mass is 16.5. The van der Waals surface area contributed by atoms with Gasteiger partial charge in [0.05, 0.1) is 5.69 Å². The SMILES string of the molecule is C#CCCCNCc1c(C)noc1C. The van der Waals surface area contributed by atoms with Crippen LogP contribution in [0.2, 0.25) is 0 Å². The molecule has 3 nitrogen and oxygen atoms in total. The molecule has 76 valence electrons. The summed E-state index contributed by atoms with van der Waals surface area (Å²) in [5, 5.41) is 7.19. The number of hydrogen-bond donors (Lipinski definition) is 1. The summed E-state index contributed by atoms with van der Waals surface area (Å²) in [7, 11) is 0. The quantitative estimate of drug-likeness (QED) is 0.571. The fraction of sp³-hybridized carbons (Fsp3) is 0.545. The zero-order valence-electron chi connectivity index (χ0n) is 8.76. The first kappa shape index (κ1) is 10.8. The van der Waals surface area contributed by atoms with E-state index in [9.17, 15) is 0 Å². The number of nitrogens with zero attached hydrogens (tertiary/aromatic N) is 1. The molecule has 0 aliphatic carbocycles. The van der Waals surface area contributed by atoms with Gasteiger partial charge in [0.15, 0.2) is 0 Å². The highest BCUT2D eigenvalue weighted by Gasteiger charge is 2.07. The highest BCUT2D eigenvalue weighted by molar-refractivity contribution is 5.20. The zero-order chi connectivity index (χ0) is 10.4. The van der Waals surface area contributed by atoms with Gasteiger partial charge in [-0.2, -0.15) is 0 Å². The molecule has 0 unspecified atom stereocenters. The van der Waals surface area contributed by atoms with Crippen molar-refractivity contribution in [3.05, 3.63) is 17.0 Å². The number of nitrogens with one attached hydrogen (secondary N) is 1.